The molecule has 0 aliphatic heterocycles. The van der Waals surface area contributed by atoms with Crippen LogP contribution in [0.1, 0.15) is 5.56 Å². The molecule has 0 spiro atoms. The lowest BCUT2D eigenvalue weighted by atomic mass is 9.79. The zero-order chi connectivity index (χ0) is 13.0. The van der Waals surface area contributed by atoms with Crippen LogP contribution in [0, 0.1) is 0 Å². The van der Waals surface area contributed by atoms with Gasteiger partial charge in [0.15, 0.2) is 0 Å². The highest BCUT2D eigenvalue weighted by atomic mass is 32.2. The predicted octanol–water partition coefficient (Wildman–Crippen LogP) is 1.12. The maximum atomic E-state index is 9.27. The normalized spacial score (nSPS) is 10.4. The molecule has 94 valence electrons. The number of hydrogen-bond acceptors (Lipinski definition) is 6. The molecule has 0 aliphatic rings. The van der Waals surface area contributed by atoms with Gasteiger partial charge in [-0.1, -0.05) is 23.9 Å². The number of hydrogen-bond donors (Lipinski definition) is 2. The van der Waals surface area contributed by atoms with Crippen LogP contribution < -0.4 is 10.2 Å². The van der Waals surface area contributed by atoms with Crippen LogP contribution in [0.3, 0.4) is 0 Å². The zero-order valence-electron chi connectivity index (χ0n) is 9.74. The van der Waals surface area contributed by atoms with Gasteiger partial charge < -0.3 is 14.8 Å². The Morgan fingerprint density at radius 2 is 2.28 bits per heavy atom. The summed E-state index contributed by atoms with van der Waals surface area (Å²) in [4.78, 5) is 4.18. The standard InChI is InChI=1S/C11H12BNO3S2/c1-16-10-3-2-8(6-9(10)12(14)15)7-18-11-13-4-5-17-11/h2-6,14-15H,7H2,1H3. The van der Waals surface area contributed by atoms with Gasteiger partial charge in [0.2, 0.25) is 0 Å². The number of nitrogens with zero attached hydrogens (tertiary/aromatic N) is 1. The average molecular weight is 281 g/mol. The molecule has 0 amide bonds. The second kappa shape index (κ2) is 6.24. The Kier molecular flexibility index (Phi) is 4.65. The molecule has 0 atom stereocenters. The van der Waals surface area contributed by atoms with Gasteiger partial charge in [-0.15, -0.1) is 11.3 Å². The molecule has 2 N–H and O–H groups in total. The van der Waals surface area contributed by atoms with Crippen molar-refractivity contribution in [2.75, 3.05) is 7.11 Å². The molecule has 18 heavy (non-hydrogen) atoms. The predicted molar refractivity (Wildman–Crippen MR) is 74.5 cm³/mol. The van der Waals surface area contributed by atoms with Crippen molar-refractivity contribution in [3.8, 4) is 5.75 Å². The van der Waals surface area contributed by atoms with Crippen LogP contribution in [0.5, 0.6) is 5.75 Å². The van der Waals surface area contributed by atoms with Crippen LogP contribution in [0.2, 0.25) is 0 Å². The van der Waals surface area contributed by atoms with Crippen LogP contribution >= 0.6 is 23.1 Å². The van der Waals surface area contributed by atoms with E-state index in [1.165, 1.54) is 7.11 Å². The van der Waals surface area contributed by atoms with Gasteiger partial charge in [0.25, 0.3) is 0 Å². The molecule has 0 aliphatic carbocycles. The molecule has 0 unspecified atom stereocenters. The molecule has 2 rings (SSSR count). The van der Waals surface area contributed by atoms with Gasteiger partial charge >= 0.3 is 7.12 Å². The van der Waals surface area contributed by atoms with Gasteiger partial charge in [-0.05, 0) is 11.6 Å². The van der Waals surface area contributed by atoms with Crippen molar-refractivity contribution >= 4 is 35.7 Å². The number of rotatable bonds is 5. The van der Waals surface area contributed by atoms with Crippen LogP contribution in [0.4, 0.5) is 0 Å². The smallest absolute Gasteiger partial charge is 0.492 e. The van der Waals surface area contributed by atoms with E-state index < -0.39 is 7.12 Å². The van der Waals surface area contributed by atoms with Crippen molar-refractivity contribution in [2.24, 2.45) is 0 Å². The Bertz CT molecular complexity index is 505. The Morgan fingerprint density at radius 3 is 2.89 bits per heavy atom. The fourth-order valence-corrected chi connectivity index (χ4v) is 3.08. The Morgan fingerprint density at radius 1 is 1.44 bits per heavy atom. The van der Waals surface area contributed by atoms with Crippen LogP contribution in [0.25, 0.3) is 0 Å². The van der Waals surface area contributed by atoms with Crippen LogP contribution in [-0.4, -0.2) is 29.3 Å². The lowest BCUT2D eigenvalue weighted by Gasteiger charge is -2.09. The van der Waals surface area contributed by atoms with E-state index in [0.717, 1.165) is 15.7 Å². The molecular weight excluding hydrogens is 269 g/mol. The molecule has 0 bridgehead atoms. The van der Waals surface area contributed by atoms with Gasteiger partial charge in [-0.25, -0.2) is 4.98 Å². The molecule has 2 aromatic rings. The van der Waals surface area contributed by atoms with Crippen molar-refractivity contribution in [1.82, 2.24) is 4.98 Å². The third kappa shape index (κ3) is 3.26. The van der Waals surface area contributed by atoms with Crippen LogP contribution in [-0.2, 0) is 5.75 Å². The summed E-state index contributed by atoms with van der Waals surface area (Å²) in [6.07, 6.45) is 1.77. The van der Waals surface area contributed by atoms with Crippen LogP contribution in [0.15, 0.2) is 34.1 Å². The fourth-order valence-electron chi connectivity index (χ4n) is 1.50. The summed E-state index contributed by atoms with van der Waals surface area (Å²) in [5, 5.41) is 20.5. The highest BCUT2D eigenvalue weighted by Gasteiger charge is 2.17. The van der Waals surface area contributed by atoms with Gasteiger partial charge in [0.1, 0.15) is 10.1 Å². The van der Waals surface area contributed by atoms with E-state index in [0.29, 0.717) is 11.2 Å². The molecule has 4 nitrogen and oxygen atoms in total. The SMILES string of the molecule is COc1ccc(CSc2nccs2)cc1B(O)O. The van der Waals surface area contributed by atoms with E-state index in [1.807, 2.05) is 11.4 Å². The minimum absolute atomic E-state index is 0.384. The third-order valence-electron chi connectivity index (χ3n) is 2.34. The summed E-state index contributed by atoms with van der Waals surface area (Å²) >= 11 is 3.21. The summed E-state index contributed by atoms with van der Waals surface area (Å²) in [7, 11) is -0.0182. The van der Waals surface area contributed by atoms with Gasteiger partial charge in [-0.2, -0.15) is 0 Å². The lowest BCUT2D eigenvalue weighted by Crippen LogP contribution is -2.31. The van der Waals surface area contributed by atoms with E-state index in [-0.39, 0.29) is 0 Å². The van der Waals surface area contributed by atoms with Gasteiger partial charge in [0, 0.05) is 22.8 Å². The molecule has 0 saturated carbocycles. The van der Waals surface area contributed by atoms with E-state index in [4.69, 9.17) is 4.74 Å². The van der Waals surface area contributed by atoms with Crippen molar-refractivity contribution in [1.29, 1.82) is 0 Å². The molecule has 1 aromatic carbocycles. The topological polar surface area (TPSA) is 62.6 Å². The first-order chi connectivity index (χ1) is 8.70. The number of methoxy groups -OCH3 is 1. The number of ether oxygens (including phenoxy) is 1. The fraction of sp³-hybridized carbons (Fsp3) is 0.182. The second-order valence-corrected chi connectivity index (χ2v) is 5.65. The average Bonchev–Trinajstić information content (AvgIpc) is 2.89. The van der Waals surface area contributed by atoms with E-state index >= 15 is 0 Å². The first-order valence-corrected chi connectivity index (χ1v) is 7.12. The molecule has 1 heterocycles. The minimum atomic E-state index is -1.52. The number of aromatic nitrogens is 1. The van der Waals surface area contributed by atoms with Gasteiger partial charge in [0.05, 0.1) is 7.11 Å². The molecule has 0 fully saturated rings. The monoisotopic (exact) mass is 281 g/mol. The minimum Gasteiger partial charge on any atom is -0.497 e. The van der Waals surface area contributed by atoms with Gasteiger partial charge in [-0.3, -0.25) is 0 Å². The third-order valence-corrected chi connectivity index (χ3v) is 4.38. The van der Waals surface area contributed by atoms with E-state index in [9.17, 15) is 10.0 Å². The molecule has 0 saturated heterocycles. The largest absolute Gasteiger partial charge is 0.497 e. The van der Waals surface area contributed by atoms with Crippen molar-refractivity contribution in [2.45, 2.75) is 10.1 Å². The molecule has 0 radical (unpaired) electrons. The Hall–Kier alpha value is -1.02. The molecule has 7 heteroatoms. The molecule has 1 aromatic heterocycles. The Labute approximate surface area is 114 Å². The summed E-state index contributed by atoms with van der Waals surface area (Å²) in [5.74, 6) is 1.21. The zero-order valence-corrected chi connectivity index (χ0v) is 11.4. The van der Waals surface area contributed by atoms with Crippen molar-refractivity contribution < 1.29 is 14.8 Å². The summed E-state index contributed by atoms with van der Waals surface area (Å²) in [6, 6.07) is 5.39. The maximum Gasteiger partial charge on any atom is 0.492 e. The number of thiazole rings is 1. The van der Waals surface area contributed by atoms with E-state index in [2.05, 4.69) is 4.98 Å². The van der Waals surface area contributed by atoms with E-state index in [1.54, 1.807) is 41.4 Å². The number of thioether (sulfide) groups is 1. The number of benzene rings is 1. The second-order valence-electron chi connectivity index (χ2n) is 3.54. The maximum absolute atomic E-state index is 9.27. The lowest BCUT2D eigenvalue weighted by molar-refractivity contribution is 0.403. The summed E-state index contributed by atoms with van der Waals surface area (Å²) in [5.41, 5.74) is 1.38. The highest BCUT2D eigenvalue weighted by Crippen LogP contribution is 2.24. The Balaban J connectivity index is 2.11. The highest BCUT2D eigenvalue weighted by molar-refractivity contribution is 8.00. The summed E-state index contributed by atoms with van der Waals surface area (Å²) in [6.45, 7) is 0. The molecular formula is C11H12BNO3S2. The summed E-state index contributed by atoms with van der Waals surface area (Å²) < 4.78 is 6.07. The van der Waals surface area contributed by atoms with Crippen molar-refractivity contribution in [3.05, 3.63) is 35.3 Å². The first kappa shape index (κ1) is 13.4. The quantitative estimate of drug-likeness (QED) is 0.635. The first-order valence-electron chi connectivity index (χ1n) is 5.26. The van der Waals surface area contributed by atoms with Crippen molar-refractivity contribution in [3.63, 3.8) is 0 Å².